The number of carbonyl (C=O) groups excluding carboxylic acids is 1. The molecule has 8 nitrogen and oxygen atoms in total. The molecule has 160 valence electrons. The summed E-state index contributed by atoms with van der Waals surface area (Å²) >= 11 is 0. The standard InChI is InChI=1S/C22H22N4O4S/c27-20-13-18(17-9-4-5-11-23-17)24-22(25-20)19-10-6-12-26(19)21(28)15-31(29,30)14-16-7-2-1-3-8-16/h1-5,7-9,11,13,19H,6,10,12,14-15H2,(H,24,25,27). The summed E-state index contributed by atoms with van der Waals surface area (Å²) in [5.41, 5.74) is 1.26. The van der Waals surface area contributed by atoms with Crippen LogP contribution in [-0.4, -0.2) is 46.5 Å². The Bertz CT molecular complexity index is 1230. The molecule has 1 atom stereocenters. The molecule has 3 aromatic rings. The van der Waals surface area contributed by atoms with Gasteiger partial charge in [0, 0.05) is 18.8 Å². The van der Waals surface area contributed by atoms with Crippen molar-refractivity contribution >= 4 is 15.7 Å². The van der Waals surface area contributed by atoms with Gasteiger partial charge in [-0.1, -0.05) is 36.4 Å². The molecule has 1 aromatic carbocycles. The lowest BCUT2D eigenvalue weighted by molar-refractivity contribution is -0.129. The summed E-state index contributed by atoms with van der Waals surface area (Å²) in [6.07, 6.45) is 2.91. The van der Waals surface area contributed by atoms with Crippen molar-refractivity contribution in [1.82, 2.24) is 19.9 Å². The minimum atomic E-state index is -3.63. The van der Waals surface area contributed by atoms with Crippen molar-refractivity contribution < 1.29 is 13.2 Å². The number of aromatic amines is 1. The Labute approximate surface area is 179 Å². The zero-order valence-electron chi connectivity index (χ0n) is 16.8. The molecule has 3 heterocycles. The molecule has 31 heavy (non-hydrogen) atoms. The SMILES string of the molecule is O=C(CS(=O)(=O)Cc1ccccc1)N1CCCC1c1nc(-c2ccccn2)cc(=O)[nH]1. The number of rotatable bonds is 6. The molecule has 0 radical (unpaired) electrons. The van der Waals surface area contributed by atoms with E-state index >= 15 is 0 Å². The molecule has 4 rings (SSSR count). The molecule has 0 aliphatic carbocycles. The predicted molar refractivity (Wildman–Crippen MR) is 116 cm³/mol. The lowest BCUT2D eigenvalue weighted by Gasteiger charge is -2.24. The maximum Gasteiger partial charge on any atom is 0.251 e. The van der Waals surface area contributed by atoms with E-state index in [1.54, 1.807) is 48.7 Å². The third-order valence-corrected chi connectivity index (χ3v) is 6.61. The minimum Gasteiger partial charge on any atom is -0.332 e. The van der Waals surface area contributed by atoms with Crippen LogP contribution in [0, 0.1) is 0 Å². The van der Waals surface area contributed by atoms with Crippen molar-refractivity contribution in [2.75, 3.05) is 12.3 Å². The van der Waals surface area contributed by atoms with E-state index in [4.69, 9.17) is 0 Å². The van der Waals surface area contributed by atoms with Crippen LogP contribution < -0.4 is 5.56 Å². The van der Waals surface area contributed by atoms with Crippen LogP contribution in [0.15, 0.2) is 65.6 Å². The summed E-state index contributed by atoms with van der Waals surface area (Å²) in [6.45, 7) is 0.419. The zero-order valence-corrected chi connectivity index (χ0v) is 17.6. The molecule has 0 saturated carbocycles. The highest BCUT2D eigenvalue weighted by Gasteiger charge is 2.34. The van der Waals surface area contributed by atoms with Crippen LogP contribution in [0.5, 0.6) is 0 Å². The molecule has 1 aliphatic rings. The highest BCUT2D eigenvalue weighted by molar-refractivity contribution is 7.91. The number of hydrogen-bond acceptors (Lipinski definition) is 6. The molecule has 0 bridgehead atoms. The summed E-state index contributed by atoms with van der Waals surface area (Å²) in [7, 11) is -3.63. The topological polar surface area (TPSA) is 113 Å². The second-order valence-electron chi connectivity index (χ2n) is 7.49. The van der Waals surface area contributed by atoms with E-state index < -0.39 is 27.5 Å². The molecule has 1 amide bonds. The number of H-pyrrole nitrogens is 1. The molecule has 0 spiro atoms. The van der Waals surface area contributed by atoms with Gasteiger partial charge in [-0.25, -0.2) is 13.4 Å². The summed E-state index contributed by atoms with van der Waals surface area (Å²) in [6, 6.07) is 15.0. The number of nitrogens with one attached hydrogen (secondary N) is 1. The van der Waals surface area contributed by atoms with Gasteiger partial charge in [0.15, 0.2) is 9.84 Å². The fourth-order valence-corrected chi connectivity index (χ4v) is 5.12. The van der Waals surface area contributed by atoms with Crippen molar-refractivity contribution in [2.24, 2.45) is 0 Å². The van der Waals surface area contributed by atoms with E-state index in [1.165, 1.54) is 11.0 Å². The lowest BCUT2D eigenvalue weighted by atomic mass is 10.2. The second kappa shape index (κ2) is 8.81. The van der Waals surface area contributed by atoms with Gasteiger partial charge in [0.25, 0.3) is 5.56 Å². The lowest BCUT2D eigenvalue weighted by Crippen LogP contribution is -2.36. The largest absolute Gasteiger partial charge is 0.332 e. The Morgan fingerprint density at radius 2 is 1.87 bits per heavy atom. The summed E-state index contributed by atoms with van der Waals surface area (Å²) in [5.74, 6) is -0.908. The summed E-state index contributed by atoms with van der Waals surface area (Å²) in [4.78, 5) is 38.1. The smallest absolute Gasteiger partial charge is 0.251 e. The van der Waals surface area contributed by atoms with Gasteiger partial charge in [-0.15, -0.1) is 0 Å². The maximum absolute atomic E-state index is 12.9. The minimum absolute atomic E-state index is 0.192. The monoisotopic (exact) mass is 438 g/mol. The van der Waals surface area contributed by atoms with E-state index in [9.17, 15) is 18.0 Å². The normalized spacial score (nSPS) is 16.4. The Balaban J connectivity index is 1.55. The van der Waals surface area contributed by atoms with Crippen LogP contribution in [0.3, 0.4) is 0 Å². The van der Waals surface area contributed by atoms with Crippen molar-refractivity contribution in [3.05, 3.63) is 82.5 Å². The molecule has 1 N–H and O–H groups in total. The van der Waals surface area contributed by atoms with Gasteiger partial charge in [0.05, 0.1) is 23.2 Å². The number of carbonyl (C=O) groups is 1. The molecule has 1 saturated heterocycles. The van der Waals surface area contributed by atoms with Gasteiger partial charge in [0.2, 0.25) is 5.91 Å². The highest BCUT2D eigenvalue weighted by atomic mass is 32.2. The summed E-state index contributed by atoms with van der Waals surface area (Å²) in [5, 5.41) is 0. The fraction of sp³-hybridized carbons (Fsp3) is 0.273. The quantitative estimate of drug-likeness (QED) is 0.631. The average molecular weight is 439 g/mol. The molecule has 1 aliphatic heterocycles. The van der Waals surface area contributed by atoms with Crippen molar-refractivity contribution in [3.63, 3.8) is 0 Å². The van der Waals surface area contributed by atoms with Crippen LogP contribution in [0.2, 0.25) is 0 Å². The molecular weight excluding hydrogens is 416 g/mol. The Morgan fingerprint density at radius 3 is 2.61 bits per heavy atom. The zero-order chi connectivity index (χ0) is 21.8. The van der Waals surface area contributed by atoms with Crippen molar-refractivity contribution in [1.29, 1.82) is 0 Å². The molecule has 1 fully saturated rings. The van der Waals surface area contributed by atoms with Gasteiger partial charge in [-0.3, -0.25) is 14.6 Å². The first kappa shape index (κ1) is 20.9. The average Bonchev–Trinajstić information content (AvgIpc) is 3.24. The van der Waals surface area contributed by atoms with Crippen molar-refractivity contribution in [3.8, 4) is 11.4 Å². The number of amides is 1. The number of hydrogen-bond donors (Lipinski definition) is 1. The van der Waals surface area contributed by atoms with Crippen LogP contribution in [-0.2, 0) is 20.4 Å². The van der Waals surface area contributed by atoms with Crippen LogP contribution in [0.1, 0.15) is 30.3 Å². The number of likely N-dealkylation sites (tertiary alicyclic amines) is 1. The number of sulfone groups is 1. The first-order chi connectivity index (χ1) is 14.9. The van der Waals surface area contributed by atoms with Gasteiger partial charge in [-0.2, -0.15) is 0 Å². The molecule has 2 aromatic heterocycles. The van der Waals surface area contributed by atoms with Crippen LogP contribution in [0.25, 0.3) is 11.4 Å². The molecular formula is C22H22N4O4S. The number of pyridine rings is 1. The first-order valence-corrected chi connectivity index (χ1v) is 11.8. The van der Waals surface area contributed by atoms with Crippen LogP contribution in [0.4, 0.5) is 0 Å². The third kappa shape index (κ3) is 5.05. The van der Waals surface area contributed by atoms with E-state index in [2.05, 4.69) is 15.0 Å². The Hall–Kier alpha value is -3.33. The van der Waals surface area contributed by atoms with E-state index in [0.717, 1.165) is 0 Å². The third-order valence-electron chi connectivity index (χ3n) is 5.15. The van der Waals surface area contributed by atoms with Gasteiger partial charge >= 0.3 is 0 Å². The van der Waals surface area contributed by atoms with Gasteiger partial charge in [-0.05, 0) is 30.5 Å². The molecule has 1 unspecified atom stereocenters. The number of benzene rings is 1. The second-order valence-corrected chi connectivity index (χ2v) is 9.56. The van der Waals surface area contributed by atoms with Gasteiger partial charge < -0.3 is 9.88 Å². The van der Waals surface area contributed by atoms with E-state index in [-0.39, 0.29) is 11.3 Å². The number of nitrogens with zero attached hydrogens (tertiary/aromatic N) is 3. The summed E-state index contributed by atoms with van der Waals surface area (Å²) < 4.78 is 25.1. The predicted octanol–water partition coefficient (Wildman–Crippen LogP) is 2.11. The fourth-order valence-electron chi connectivity index (χ4n) is 3.78. The Morgan fingerprint density at radius 1 is 1.10 bits per heavy atom. The van der Waals surface area contributed by atoms with E-state index in [0.29, 0.717) is 42.2 Å². The van der Waals surface area contributed by atoms with Crippen LogP contribution >= 0.6 is 0 Å². The molecule has 9 heteroatoms. The first-order valence-electron chi connectivity index (χ1n) is 9.98. The van der Waals surface area contributed by atoms with Crippen molar-refractivity contribution in [2.45, 2.75) is 24.6 Å². The Kier molecular flexibility index (Phi) is 5.94. The van der Waals surface area contributed by atoms with E-state index in [1.807, 2.05) is 6.07 Å². The highest BCUT2D eigenvalue weighted by Crippen LogP contribution is 2.30. The van der Waals surface area contributed by atoms with Gasteiger partial charge in [0.1, 0.15) is 11.6 Å². The maximum atomic E-state index is 12.9. The number of aromatic nitrogens is 3.